The number of thioether (sulfide) groups is 1. The predicted molar refractivity (Wildman–Crippen MR) is 113 cm³/mol. The van der Waals surface area contributed by atoms with E-state index in [2.05, 4.69) is 29.2 Å². The van der Waals surface area contributed by atoms with Gasteiger partial charge in [0.05, 0.1) is 10.6 Å². The Bertz CT molecular complexity index is 984. The summed E-state index contributed by atoms with van der Waals surface area (Å²) in [6.45, 7) is 0.718. The normalized spacial score (nSPS) is 16.1. The van der Waals surface area contributed by atoms with Crippen LogP contribution in [-0.4, -0.2) is 25.2 Å². The lowest BCUT2D eigenvalue weighted by Gasteiger charge is -2.25. The van der Waals surface area contributed by atoms with Crippen LogP contribution in [0.25, 0.3) is 0 Å². The average Bonchev–Trinajstić information content (AvgIpc) is 3.51. The summed E-state index contributed by atoms with van der Waals surface area (Å²) in [5.74, 6) is 1.19. The highest BCUT2D eigenvalue weighted by atomic mass is 32.2. The van der Waals surface area contributed by atoms with Crippen molar-refractivity contribution >= 4 is 33.0 Å². The number of hydrogen-bond acceptors (Lipinski definition) is 4. The van der Waals surface area contributed by atoms with Gasteiger partial charge in [0.2, 0.25) is 0 Å². The summed E-state index contributed by atoms with van der Waals surface area (Å²) >= 11 is 1.71. The Morgan fingerprint density at radius 1 is 0.815 bits per heavy atom. The second-order valence-electron chi connectivity index (χ2n) is 6.64. The third kappa shape index (κ3) is 4.54. The quantitative estimate of drug-likeness (QED) is 0.533. The highest BCUT2D eigenvalue weighted by Gasteiger charge is 2.30. The molecule has 3 aromatic rings. The van der Waals surface area contributed by atoms with Crippen LogP contribution in [0, 0.1) is 0 Å². The molecule has 27 heavy (non-hydrogen) atoms. The fourth-order valence-electron chi connectivity index (χ4n) is 3.04. The minimum absolute atomic E-state index is 0.240. The summed E-state index contributed by atoms with van der Waals surface area (Å²) in [4.78, 5) is 2.61. The van der Waals surface area contributed by atoms with Crippen molar-refractivity contribution in [2.24, 2.45) is 0 Å². The molecule has 3 aromatic carbocycles. The van der Waals surface area contributed by atoms with Crippen LogP contribution in [0.1, 0.15) is 5.56 Å². The van der Waals surface area contributed by atoms with Crippen molar-refractivity contribution < 1.29 is 8.42 Å². The van der Waals surface area contributed by atoms with Gasteiger partial charge < -0.3 is 4.90 Å². The van der Waals surface area contributed by atoms with Crippen molar-refractivity contribution in [1.29, 1.82) is 0 Å². The number of anilines is 2. The average molecular weight is 396 g/mol. The predicted octanol–water partition coefficient (Wildman–Crippen LogP) is 4.91. The van der Waals surface area contributed by atoms with E-state index in [1.807, 2.05) is 48.5 Å². The molecular weight excluding hydrogens is 374 g/mol. The van der Waals surface area contributed by atoms with Crippen LogP contribution in [-0.2, 0) is 16.4 Å². The van der Waals surface area contributed by atoms with Crippen LogP contribution < -0.4 is 4.90 Å². The van der Waals surface area contributed by atoms with Crippen LogP contribution in [0.4, 0.5) is 11.4 Å². The molecule has 1 heterocycles. The van der Waals surface area contributed by atoms with E-state index >= 15 is 0 Å². The van der Waals surface area contributed by atoms with Gasteiger partial charge in [0.15, 0.2) is 9.84 Å². The molecule has 1 aliphatic heterocycles. The fraction of sp³-hybridized carbons (Fsp3) is 0.182. The molecule has 0 N–H and O–H groups in total. The number of benzene rings is 3. The van der Waals surface area contributed by atoms with E-state index in [0.717, 1.165) is 23.7 Å². The van der Waals surface area contributed by atoms with Gasteiger partial charge in [-0.1, -0.05) is 48.5 Å². The van der Waals surface area contributed by atoms with Gasteiger partial charge in [0.1, 0.15) is 0 Å². The highest BCUT2D eigenvalue weighted by molar-refractivity contribution is 8.08. The van der Waals surface area contributed by atoms with E-state index in [-0.39, 0.29) is 11.0 Å². The first-order chi connectivity index (χ1) is 13.1. The maximum atomic E-state index is 12.5. The van der Waals surface area contributed by atoms with Crippen molar-refractivity contribution in [1.82, 2.24) is 0 Å². The standard InChI is InChI=1S/C22H21NO2S2/c24-27(25,17-21-16-26-21)22-13-11-20(12-14-22)23(19-9-5-2-6-10-19)15-18-7-3-1-4-8-18/h1-14,21H,15-17H2. The summed E-state index contributed by atoms with van der Waals surface area (Å²) in [5.41, 5.74) is 3.25. The van der Waals surface area contributed by atoms with Crippen molar-refractivity contribution in [2.45, 2.75) is 16.7 Å². The Kier molecular flexibility index (Phi) is 5.23. The van der Waals surface area contributed by atoms with Crippen molar-refractivity contribution in [3.05, 3.63) is 90.5 Å². The van der Waals surface area contributed by atoms with Crippen LogP contribution in [0.3, 0.4) is 0 Å². The van der Waals surface area contributed by atoms with E-state index in [1.165, 1.54) is 5.56 Å². The van der Waals surface area contributed by atoms with E-state index in [1.54, 1.807) is 23.9 Å². The van der Waals surface area contributed by atoms with Gasteiger partial charge in [-0.2, -0.15) is 11.8 Å². The number of hydrogen-bond donors (Lipinski definition) is 0. The zero-order valence-electron chi connectivity index (χ0n) is 14.9. The number of sulfone groups is 1. The lowest BCUT2D eigenvalue weighted by molar-refractivity contribution is 0.596. The first kappa shape index (κ1) is 18.1. The van der Waals surface area contributed by atoms with Gasteiger partial charge in [0.25, 0.3) is 0 Å². The first-order valence-corrected chi connectivity index (χ1v) is 11.6. The van der Waals surface area contributed by atoms with Crippen molar-refractivity contribution in [2.75, 3.05) is 16.4 Å². The van der Waals surface area contributed by atoms with E-state index < -0.39 is 9.84 Å². The molecule has 0 aromatic heterocycles. The summed E-state index contributed by atoms with van der Waals surface area (Å²) in [6.07, 6.45) is 0. The molecule has 1 atom stereocenters. The van der Waals surface area contributed by atoms with E-state index in [0.29, 0.717) is 4.90 Å². The summed E-state index contributed by atoms with van der Waals surface area (Å²) < 4.78 is 25.0. The summed E-state index contributed by atoms with van der Waals surface area (Å²) in [6, 6.07) is 27.7. The molecular formula is C22H21NO2S2. The molecule has 1 aliphatic rings. The Morgan fingerprint density at radius 2 is 1.37 bits per heavy atom. The van der Waals surface area contributed by atoms with Gasteiger partial charge in [0, 0.05) is 28.9 Å². The molecule has 138 valence electrons. The number of rotatable bonds is 7. The smallest absolute Gasteiger partial charge is 0.179 e. The molecule has 5 heteroatoms. The molecule has 0 aliphatic carbocycles. The molecule has 0 amide bonds. The highest BCUT2D eigenvalue weighted by Crippen LogP contribution is 2.33. The molecule has 4 rings (SSSR count). The topological polar surface area (TPSA) is 37.4 Å². The minimum atomic E-state index is -3.20. The maximum absolute atomic E-state index is 12.5. The van der Waals surface area contributed by atoms with Crippen LogP contribution in [0.5, 0.6) is 0 Å². The molecule has 0 saturated carbocycles. The second kappa shape index (κ2) is 7.79. The lowest BCUT2D eigenvalue weighted by atomic mass is 10.1. The molecule has 0 radical (unpaired) electrons. The summed E-state index contributed by atoms with van der Waals surface area (Å²) in [5, 5.41) is 0.272. The van der Waals surface area contributed by atoms with E-state index in [4.69, 9.17) is 0 Å². The van der Waals surface area contributed by atoms with Gasteiger partial charge in [-0.05, 0) is 42.0 Å². The minimum Gasteiger partial charge on any atom is -0.337 e. The van der Waals surface area contributed by atoms with E-state index in [9.17, 15) is 8.42 Å². The summed E-state index contributed by atoms with van der Waals surface area (Å²) in [7, 11) is -3.20. The molecule has 0 spiro atoms. The van der Waals surface area contributed by atoms with Gasteiger partial charge in [-0.25, -0.2) is 8.42 Å². The monoisotopic (exact) mass is 395 g/mol. The third-order valence-electron chi connectivity index (χ3n) is 4.57. The Hall–Kier alpha value is -2.24. The Morgan fingerprint density at radius 3 is 1.96 bits per heavy atom. The molecule has 0 bridgehead atoms. The zero-order valence-corrected chi connectivity index (χ0v) is 16.5. The molecule has 1 unspecified atom stereocenters. The third-order valence-corrected chi connectivity index (χ3v) is 7.58. The molecule has 1 fully saturated rings. The lowest BCUT2D eigenvalue weighted by Crippen LogP contribution is -2.17. The van der Waals surface area contributed by atoms with Gasteiger partial charge in [-0.15, -0.1) is 0 Å². The Labute approximate surface area is 165 Å². The SMILES string of the molecule is O=S(=O)(CC1CS1)c1ccc(N(Cc2ccccc2)c2ccccc2)cc1. The second-order valence-corrected chi connectivity index (χ2v) is 10.0. The fourth-order valence-corrected chi connectivity index (χ4v) is 5.72. The van der Waals surface area contributed by atoms with Crippen molar-refractivity contribution in [3.63, 3.8) is 0 Å². The van der Waals surface area contributed by atoms with Gasteiger partial charge >= 0.3 is 0 Å². The van der Waals surface area contributed by atoms with Crippen LogP contribution in [0.2, 0.25) is 0 Å². The first-order valence-electron chi connectivity index (χ1n) is 8.93. The van der Waals surface area contributed by atoms with Crippen LogP contribution in [0.15, 0.2) is 89.8 Å². The largest absolute Gasteiger partial charge is 0.337 e. The number of nitrogens with zero attached hydrogens (tertiary/aromatic N) is 1. The maximum Gasteiger partial charge on any atom is 0.179 e. The number of para-hydroxylation sites is 1. The van der Waals surface area contributed by atoms with Crippen LogP contribution >= 0.6 is 11.8 Å². The van der Waals surface area contributed by atoms with Gasteiger partial charge in [-0.3, -0.25) is 0 Å². The molecule has 3 nitrogen and oxygen atoms in total. The zero-order chi connectivity index (χ0) is 18.7. The Balaban J connectivity index is 1.63. The van der Waals surface area contributed by atoms with Crippen molar-refractivity contribution in [3.8, 4) is 0 Å². The molecule has 1 saturated heterocycles.